The van der Waals surface area contributed by atoms with Gasteiger partial charge < -0.3 is 19.1 Å². The van der Waals surface area contributed by atoms with E-state index in [0.29, 0.717) is 51.5 Å². The molecule has 180 valence electrons. The minimum atomic E-state index is -0.891. The average Bonchev–Trinajstić information content (AvgIpc) is 3.45. The molecular weight excluding hydrogens is 446 g/mol. The number of rotatable bonds is 5. The summed E-state index contributed by atoms with van der Waals surface area (Å²) in [5.41, 5.74) is -0.773. The summed E-state index contributed by atoms with van der Waals surface area (Å²) in [7, 11) is 2.07. The summed E-state index contributed by atoms with van der Waals surface area (Å²) in [5, 5.41) is 0.137. The summed E-state index contributed by atoms with van der Waals surface area (Å²) < 4.78 is 18.0. The van der Waals surface area contributed by atoms with E-state index < -0.39 is 17.1 Å². The van der Waals surface area contributed by atoms with Gasteiger partial charge in [-0.05, 0) is 52.1 Å². The summed E-state index contributed by atoms with van der Waals surface area (Å²) >= 11 is 6.22. The Morgan fingerprint density at radius 2 is 1.91 bits per heavy atom. The number of likely N-dealkylation sites (N-methyl/N-ethyl adjacent to an activating group) is 1. The molecule has 2 aliphatic heterocycles. The minimum absolute atomic E-state index is 0.0502. The molecule has 2 spiro atoms. The third-order valence-corrected chi connectivity index (χ3v) is 8.22. The molecule has 0 unspecified atom stereocenters. The highest BCUT2D eigenvalue weighted by molar-refractivity contribution is 6.29. The van der Waals surface area contributed by atoms with Crippen LogP contribution in [0, 0.1) is 11.3 Å². The van der Waals surface area contributed by atoms with Crippen molar-refractivity contribution in [3.8, 4) is 5.88 Å². The van der Waals surface area contributed by atoms with E-state index in [1.165, 1.54) is 6.07 Å². The Bertz CT molecular complexity index is 917. The van der Waals surface area contributed by atoms with Crippen LogP contribution in [0.2, 0.25) is 5.15 Å². The molecule has 2 saturated carbocycles. The molecule has 0 bridgehead atoms. The Morgan fingerprint density at radius 1 is 1.15 bits per heavy atom. The molecule has 8 nitrogen and oxygen atoms in total. The molecule has 1 aromatic heterocycles. The van der Waals surface area contributed by atoms with Gasteiger partial charge in [0.2, 0.25) is 17.5 Å². The first kappa shape index (κ1) is 23.1. The number of ether oxygens (including phenoxy) is 3. The van der Waals surface area contributed by atoms with Crippen LogP contribution < -0.4 is 4.74 Å². The number of ketones is 2. The number of carbonyl (C=O) groups excluding carboxylic acids is 2. The fourth-order valence-corrected chi connectivity index (χ4v) is 6.44. The van der Waals surface area contributed by atoms with E-state index in [4.69, 9.17) is 25.8 Å². The van der Waals surface area contributed by atoms with Crippen LogP contribution in [0.3, 0.4) is 0 Å². The van der Waals surface area contributed by atoms with Gasteiger partial charge in [-0.15, -0.1) is 0 Å². The molecule has 33 heavy (non-hydrogen) atoms. The number of halogens is 1. The Hall–Kier alpha value is -1.61. The maximum absolute atomic E-state index is 13.9. The zero-order valence-electron chi connectivity index (χ0n) is 19.2. The summed E-state index contributed by atoms with van der Waals surface area (Å²) in [6.45, 7) is 2.49. The van der Waals surface area contributed by atoms with Crippen LogP contribution in [0.25, 0.3) is 0 Å². The van der Waals surface area contributed by atoms with Gasteiger partial charge in [0.15, 0.2) is 11.6 Å². The Balaban J connectivity index is 1.36. The second-order valence-electron chi connectivity index (χ2n) is 9.85. The predicted molar refractivity (Wildman–Crippen MR) is 120 cm³/mol. The van der Waals surface area contributed by atoms with E-state index in [0.717, 1.165) is 38.6 Å². The van der Waals surface area contributed by atoms with Crippen molar-refractivity contribution in [2.75, 3.05) is 33.4 Å². The minimum Gasteiger partial charge on any atom is -0.476 e. The van der Waals surface area contributed by atoms with Crippen molar-refractivity contribution in [1.82, 2.24) is 14.9 Å². The van der Waals surface area contributed by atoms with Crippen molar-refractivity contribution in [2.45, 2.75) is 69.6 Å². The monoisotopic (exact) mass is 477 g/mol. The molecule has 1 aromatic rings. The van der Waals surface area contributed by atoms with E-state index in [1.54, 1.807) is 0 Å². The molecule has 4 aliphatic rings. The highest BCUT2D eigenvalue weighted by atomic mass is 35.5. The molecule has 5 rings (SSSR count). The second kappa shape index (κ2) is 9.21. The molecule has 4 fully saturated rings. The van der Waals surface area contributed by atoms with Crippen molar-refractivity contribution >= 4 is 23.2 Å². The standard InChI is InChI=1S/C24H32ClN3O5/c1-28-11-5-6-16(28)15-31-19-14-18(25)26-22(27-19)20(29)17-7-4-9-23(21(17)30)8-2-3-10-24(23)32-12-13-33-24/h14,16-17H,2-13,15H2,1H3/t16-,17-,23-/m0/s1. The van der Waals surface area contributed by atoms with Gasteiger partial charge >= 0.3 is 0 Å². The summed E-state index contributed by atoms with van der Waals surface area (Å²) in [6.07, 6.45) is 7.41. The number of hydrogen-bond donors (Lipinski definition) is 0. The van der Waals surface area contributed by atoms with Crippen molar-refractivity contribution in [3.63, 3.8) is 0 Å². The second-order valence-corrected chi connectivity index (χ2v) is 10.2. The zero-order chi connectivity index (χ0) is 23.1. The van der Waals surface area contributed by atoms with E-state index in [2.05, 4.69) is 21.9 Å². The number of nitrogens with zero attached hydrogens (tertiary/aromatic N) is 3. The molecule has 3 heterocycles. The van der Waals surface area contributed by atoms with Gasteiger partial charge in [0.05, 0.1) is 24.5 Å². The van der Waals surface area contributed by atoms with Crippen LogP contribution in [0.4, 0.5) is 0 Å². The molecule has 0 amide bonds. The molecule has 3 atom stereocenters. The van der Waals surface area contributed by atoms with E-state index in [-0.39, 0.29) is 28.4 Å². The smallest absolute Gasteiger partial charge is 0.218 e. The molecule has 0 aromatic carbocycles. The van der Waals surface area contributed by atoms with Crippen molar-refractivity contribution in [2.24, 2.45) is 11.3 Å². The average molecular weight is 478 g/mol. The predicted octanol–water partition coefficient (Wildman–Crippen LogP) is 3.46. The first-order valence-electron chi connectivity index (χ1n) is 12.2. The van der Waals surface area contributed by atoms with Crippen LogP contribution in [0.5, 0.6) is 5.88 Å². The van der Waals surface area contributed by atoms with Gasteiger partial charge in [0, 0.05) is 18.5 Å². The Labute approximate surface area is 199 Å². The van der Waals surface area contributed by atoms with Crippen LogP contribution in [0.15, 0.2) is 6.07 Å². The molecular formula is C24H32ClN3O5. The zero-order valence-corrected chi connectivity index (χ0v) is 19.9. The van der Waals surface area contributed by atoms with Crippen LogP contribution in [-0.4, -0.2) is 71.7 Å². The van der Waals surface area contributed by atoms with Gasteiger partial charge in [-0.2, -0.15) is 4.98 Å². The lowest BCUT2D eigenvalue weighted by Crippen LogP contribution is -2.60. The van der Waals surface area contributed by atoms with Crippen molar-refractivity contribution < 1.29 is 23.8 Å². The Kier molecular flexibility index (Phi) is 6.46. The maximum atomic E-state index is 13.9. The van der Waals surface area contributed by atoms with Gasteiger partial charge in [0.25, 0.3) is 0 Å². The first-order valence-corrected chi connectivity index (χ1v) is 12.6. The van der Waals surface area contributed by atoms with Gasteiger partial charge in [0.1, 0.15) is 11.8 Å². The number of carbonyl (C=O) groups is 2. The summed E-state index contributed by atoms with van der Waals surface area (Å²) in [4.78, 5) is 38.1. The number of Topliss-reactive ketones (excluding diaryl/α,β-unsaturated/α-hetero) is 2. The highest BCUT2D eigenvalue weighted by Gasteiger charge is 2.63. The third kappa shape index (κ3) is 4.09. The lowest BCUT2D eigenvalue weighted by atomic mass is 9.57. The number of fused-ring (bicyclic) bond motifs is 1. The molecule has 2 saturated heterocycles. The van der Waals surface area contributed by atoms with E-state index >= 15 is 0 Å². The summed E-state index contributed by atoms with van der Waals surface area (Å²) in [5.74, 6) is -1.95. The fourth-order valence-electron chi connectivity index (χ4n) is 6.27. The number of aromatic nitrogens is 2. The molecule has 0 N–H and O–H groups in total. The lowest BCUT2D eigenvalue weighted by molar-refractivity contribution is -0.255. The quantitative estimate of drug-likeness (QED) is 0.362. The molecule has 9 heteroatoms. The Morgan fingerprint density at radius 3 is 2.67 bits per heavy atom. The van der Waals surface area contributed by atoms with E-state index in [1.807, 2.05) is 0 Å². The van der Waals surface area contributed by atoms with E-state index in [9.17, 15) is 9.59 Å². The van der Waals surface area contributed by atoms with Gasteiger partial charge in [-0.3, -0.25) is 9.59 Å². The van der Waals surface area contributed by atoms with Crippen molar-refractivity contribution in [3.05, 3.63) is 17.0 Å². The largest absolute Gasteiger partial charge is 0.476 e. The normalized spacial score (nSPS) is 32.0. The third-order valence-electron chi connectivity index (χ3n) is 8.03. The maximum Gasteiger partial charge on any atom is 0.218 e. The van der Waals surface area contributed by atoms with Crippen LogP contribution in [-0.2, 0) is 14.3 Å². The van der Waals surface area contributed by atoms with Gasteiger partial charge in [-0.1, -0.05) is 24.4 Å². The summed E-state index contributed by atoms with van der Waals surface area (Å²) in [6, 6.07) is 1.83. The first-order chi connectivity index (χ1) is 15.9. The van der Waals surface area contributed by atoms with Crippen LogP contribution in [0.1, 0.15) is 68.4 Å². The highest BCUT2D eigenvalue weighted by Crippen LogP contribution is 2.56. The topological polar surface area (TPSA) is 90.9 Å². The molecule has 2 aliphatic carbocycles. The lowest BCUT2D eigenvalue weighted by Gasteiger charge is -2.51. The van der Waals surface area contributed by atoms with Crippen molar-refractivity contribution in [1.29, 1.82) is 0 Å². The molecule has 0 radical (unpaired) electrons. The number of hydrogen-bond acceptors (Lipinski definition) is 8. The number of likely N-dealkylation sites (tertiary alicyclic amines) is 1. The van der Waals surface area contributed by atoms with Crippen LogP contribution >= 0.6 is 11.6 Å². The fraction of sp³-hybridized carbons (Fsp3) is 0.750. The van der Waals surface area contributed by atoms with Gasteiger partial charge in [-0.25, -0.2) is 4.98 Å². The SMILES string of the molecule is CN1CCC[C@H]1COc1cc(Cl)nc(C(=O)[C@@H]2CCC[C@@]3(CCCCC34OCCO4)C2=O)n1.